The van der Waals surface area contributed by atoms with Crippen molar-refractivity contribution in [3.8, 4) is 11.5 Å². The van der Waals surface area contributed by atoms with Crippen molar-refractivity contribution in [1.82, 2.24) is 10.3 Å². The number of aromatic nitrogens is 1. The fourth-order valence-corrected chi connectivity index (χ4v) is 2.34. The number of rotatable bonds is 7. The summed E-state index contributed by atoms with van der Waals surface area (Å²) in [5.74, 6) is 0.361. The Kier molecular flexibility index (Phi) is 5.43. The number of anilines is 1. The predicted molar refractivity (Wildman–Crippen MR) is 95.1 cm³/mol. The lowest BCUT2D eigenvalue weighted by Crippen LogP contribution is -2.26. The van der Waals surface area contributed by atoms with Gasteiger partial charge in [-0.05, 0) is 30.3 Å². The summed E-state index contributed by atoms with van der Waals surface area (Å²) in [6.45, 7) is 0.634. The third-order valence-corrected chi connectivity index (χ3v) is 3.57. The smallest absolute Gasteiger partial charge is 0.251 e. The van der Waals surface area contributed by atoms with Gasteiger partial charge in [-0.15, -0.1) is 0 Å². The van der Waals surface area contributed by atoms with Gasteiger partial charge in [-0.25, -0.2) is 4.98 Å². The van der Waals surface area contributed by atoms with Crippen LogP contribution in [0.4, 0.5) is 5.69 Å². The summed E-state index contributed by atoms with van der Waals surface area (Å²) in [6.07, 6.45) is 1.62. The number of nitrogens with zero attached hydrogens (tertiary/aromatic N) is 1. The second-order valence-corrected chi connectivity index (χ2v) is 5.42. The summed E-state index contributed by atoms with van der Waals surface area (Å²) in [7, 11) is 0. The molecule has 1 heterocycles. The van der Waals surface area contributed by atoms with Crippen LogP contribution in [-0.4, -0.2) is 29.1 Å². The van der Waals surface area contributed by atoms with E-state index >= 15 is 0 Å². The zero-order chi connectivity index (χ0) is 17.5. The van der Waals surface area contributed by atoms with E-state index in [2.05, 4.69) is 15.6 Å². The predicted octanol–water partition coefficient (Wildman–Crippen LogP) is 2.68. The lowest BCUT2D eigenvalue weighted by molar-refractivity contribution is 0.0945. The first-order chi connectivity index (χ1) is 12.3. The van der Waals surface area contributed by atoms with E-state index in [0.717, 1.165) is 16.9 Å². The molecule has 128 valence electrons. The molecule has 0 saturated carbocycles. The number of amides is 1. The van der Waals surface area contributed by atoms with Gasteiger partial charge in [0.05, 0.1) is 18.8 Å². The Balaban J connectivity index is 1.62. The van der Waals surface area contributed by atoms with Crippen LogP contribution in [0.25, 0.3) is 11.5 Å². The Hall–Kier alpha value is -3.12. The molecule has 3 N–H and O–H groups in total. The van der Waals surface area contributed by atoms with Gasteiger partial charge in [0.25, 0.3) is 5.91 Å². The Labute approximate surface area is 145 Å². The zero-order valence-electron chi connectivity index (χ0n) is 13.6. The van der Waals surface area contributed by atoms with E-state index in [9.17, 15) is 4.79 Å². The van der Waals surface area contributed by atoms with Crippen molar-refractivity contribution >= 4 is 11.6 Å². The number of hydrogen-bond donors (Lipinski definition) is 3. The Bertz CT molecular complexity index is 831. The number of aliphatic hydroxyl groups excluding tert-OH is 1. The van der Waals surface area contributed by atoms with Gasteiger partial charge in [0, 0.05) is 23.4 Å². The second-order valence-electron chi connectivity index (χ2n) is 5.42. The molecule has 6 heteroatoms. The fraction of sp³-hybridized carbons (Fsp3) is 0.158. The number of hydrogen-bond acceptors (Lipinski definition) is 5. The molecule has 0 radical (unpaired) electrons. The maximum absolute atomic E-state index is 11.9. The van der Waals surface area contributed by atoms with Gasteiger partial charge in [-0.3, -0.25) is 4.79 Å². The highest BCUT2D eigenvalue weighted by Crippen LogP contribution is 2.19. The summed E-state index contributed by atoms with van der Waals surface area (Å²) < 4.78 is 5.51. The maximum Gasteiger partial charge on any atom is 0.251 e. The highest BCUT2D eigenvalue weighted by molar-refractivity contribution is 5.95. The van der Waals surface area contributed by atoms with E-state index in [1.165, 1.54) is 0 Å². The topological polar surface area (TPSA) is 87.4 Å². The van der Waals surface area contributed by atoms with Crippen LogP contribution in [0.15, 0.2) is 65.3 Å². The molecule has 0 spiro atoms. The third kappa shape index (κ3) is 4.45. The van der Waals surface area contributed by atoms with Crippen molar-refractivity contribution in [3.05, 3.63) is 72.1 Å². The molecule has 0 unspecified atom stereocenters. The van der Waals surface area contributed by atoms with Gasteiger partial charge >= 0.3 is 0 Å². The Morgan fingerprint density at radius 3 is 2.76 bits per heavy atom. The van der Waals surface area contributed by atoms with Gasteiger partial charge in [0.1, 0.15) is 6.26 Å². The third-order valence-electron chi connectivity index (χ3n) is 3.57. The Morgan fingerprint density at radius 1 is 1.12 bits per heavy atom. The molecule has 2 aromatic carbocycles. The van der Waals surface area contributed by atoms with Crippen LogP contribution >= 0.6 is 0 Å². The first-order valence-electron chi connectivity index (χ1n) is 7.99. The van der Waals surface area contributed by atoms with Crippen LogP contribution in [0.5, 0.6) is 0 Å². The molecule has 3 rings (SSSR count). The van der Waals surface area contributed by atoms with Crippen LogP contribution in [0.1, 0.15) is 16.1 Å². The molecular formula is C19H19N3O3. The monoisotopic (exact) mass is 337 g/mol. The van der Waals surface area contributed by atoms with E-state index < -0.39 is 0 Å². The van der Waals surface area contributed by atoms with Crippen molar-refractivity contribution < 1.29 is 14.3 Å². The van der Waals surface area contributed by atoms with Crippen LogP contribution in [-0.2, 0) is 6.54 Å². The highest BCUT2D eigenvalue weighted by Gasteiger charge is 2.08. The molecule has 0 saturated heterocycles. The lowest BCUT2D eigenvalue weighted by atomic mass is 10.2. The minimum atomic E-state index is -0.217. The van der Waals surface area contributed by atoms with Crippen molar-refractivity contribution in [1.29, 1.82) is 0 Å². The van der Waals surface area contributed by atoms with E-state index in [1.54, 1.807) is 24.5 Å². The molecule has 1 amide bonds. The van der Waals surface area contributed by atoms with E-state index in [1.807, 2.05) is 36.4 Å². The molecule has 6 nitrogen and oxygen atoms in total. The molecule has 25 heavy (non-hydrogen) atoms. The quantitative estimate of drug-likeness (QED) is 0.617. The standard InChI is InChI=1S/C19H19N3O3/c23-10-9-20-18(24)15-7-4-8-16(11-15)21-12-17-13-25-19(22-17)14-5-2-1-3-6-14/h1-8,11,13,21,23H,9-10,12H2,(H,20,24). The molecular weight excluding hydrogens is 318 g/mol. The molecule has 1 aromatic heterocycles. The zero-order valence-corrected chi connectivity index (χ0v) is 13.6. The molecule has 0 bridgehead atoms. The van der Waals surface area contributed by atoms with Gasteiger partial charge in [-0.1, -0.05) is 24.3 Å². The Morgan fingerprint density at radius 2 is 1.96 bits per heavy atom. The van der Waals surface area contributed by atoms with Gasteiger partial charge in [-0.2, -0.15) is 0 Å². The molecule has 3 aromatic rings. The maximum atomic E-state index is 11.9. The molecule has 0 aliphatic carbocycles. The molecule has 0 aliphatic heterocycles. The number of nitrogens with one attached hydrogen (secondary N) is 2. The summed E-state index contributed by atoms with van der Waals surface area (Å²) in [5.41, 5.74) is 3.04. The average Bonchev–Trinajstić information content (AvgIpc) is 3.14. The molecule has 0 atom stereocenters. The minimum Gasteiger partial charge on any atom is -0.444 e. The first-order valence-corrected chi connectivity index (χ1v) is 7.99. The number of carbonyl (C=O) groups excluding carboxylic acids is 1. The van der Waals surface area contributed by atoms with Crippen LogP contribution < -0.4 is 10.6 Å². The number of carbonyl (C=O) groups is 1. The van der Waals surface area contributed by atoms with Crippen LogP contribution in [0.2, 0.25) is 0 Å². The summed E-state index contributed by atoms with van der Waals surface area (Å²) in [4.78, 5) is 16.4. The number of aliphatic hydroxyl groups is 1. The van der Waals surface area contributed by atoms with Crippen molar-refractivity contribution in [2.75, 3.05) is 18.5 Å². The average molecular weight is 337 g/mol. The molecule has 0 fully saturated rings. The van der Waals surface area contributed by atoms with Gasteiger partial charge < -0.3 is 20.2 Å². The van der Waals surface area contributed by atoms with Crippen molar-refractivity contribution in [2.45, 2.75) is 6.54 Å². The van der Waals surface area contributed by atoms with E-state index in [4.69, 9.17) is 9.52 Å². The van der Waals surface area contributed by atoms with Crippen molar-refractivity contribution in [3.63, 3.8) is 0 Å². The summed E-state index contributed by atoms with van der Waals surface area (Å²) >= 11 is 0. The van der Waals surface area contributed by atoms with Crippen molar-refractivity contribution in [2.24, 2.45) is 0 Å². The largest absolute Gasteiger partial charge is 0.444 e. The van der Waals surface area contributed by atoms with E-state index in [-0.39, 0.29) is 19.1 Å². The SMILES string of the molecule is O=C(NCCO)c1cccc(NCc2coc(-c3ccccc3)n2)c1. The lowest BCUT2D eigenvalue weighted by Gasteiger charge is -2.07. The number of oxazole rings is 1. The second kappa shape index (κ2) is 8.12. The van der Waals surface area contributed by atoms with Gasteiger partial charge in [0.15, 0.2) is 0 Å². The molecule has 0 aliphatic rings. The fourth-order valence-electron chi connectivity index (χ4n) is 2.34. The van der Waals surface area contributed by atoms with Gasteiger partial charge in [0.2, 0.25) is 5.89 Å². The minimum absolute atomic E-state index is 0.0837. The van der Waals surface area contributed by atoms with Crippen LogP contribution in [0.3, 0.4) is 0 Å². The highest BCUT2D eigenvalue weighted by atomic mass is 16.3. The first kappa shape index (κ1) is 16.7. The normalized spacial score (nSPS) is 10.4. The summed E-state index contributed by atoms with van der Waals surface area (Å²) in [6, 6.07) is 16.9. The van der Waals surface area contributed by atoms with Crippen LogP contribution in [0, 0.1) is 0 Å². The summed E-state index contributed by atoms with van der Waals surface area (Å²) in [5, 5.41) is 14.6. The van der Waals surface area contributed by atoms with E-state index in [0.29, 0.717) is 18.0 Å². The number of benzene rings is 2.